The molecule has 25 heavy (non-hydrogen) atoms. The SMILES string of the molecule is N#CC(=Cc1ccccc1Cl)C(=O)NCCc1c[nH]c2ccccc12. The van der Waals surface area contributed by atoms with Crippen molar-refractivity contribution in [1.29, 1.82) is 5.26 Å². The monoisotopic (exact) mass is 349 g/mol. The number of amides is 1. The van der Waals surface area contributed by atoms with Crippen LogP contribution in [0.1, 0.15) is 11.1 Å². The highest BCUT2D eigenvalue weighted by Crippen LogP contribution is 2.19. The van der Waals surface area contributed by atoms with E-state index in [0.29, 0.717) is 23.6 Å². The van der Waals surface area contributed by atoms with Gasteiger partial charge in [-0.2, -0.15) is 5.26 Å². The summed E-state index contributed by atoms with van der Waals surface area (Å²) in [4.78, 5) is 15.4. The van der Waals surface area contributed by atoms with Crippen molar-refractivity contribution in [2.24, 2.45) is 0 Å². The van der Waals surface area contributed by atoms with Gasteiger partial charge in [0.05, 0.1) is 0 Å². The zero-order valence-electron chi connectivity index (χ0n) is 13.4. The molecule has 3 rings (SSSR count). The molecule has 0 saturated heterocycles. The van der Waals surface area contributed by atoms with Crippen LogP contribution in [0.5, 0.6) is 0 Å². The molecule has 1 heterocycles. The molecule has 0 saturated carbocycles. The number of fused-ring (bicyclic) bond motifs is 1. The number of H-pyrrole nitrogens is 1. The molecule has 0 aliphatic heterocycles. The van der Waals surface area contributed by atoms with Crippen LogP contribution in [-0.4, -0.2) is 17.4 Å². The van der Waals surface area contributed by atoms with Crippen LogP contribution in [0, 0.1) is 11.3 Å². The zero-order chi connectivity index (χ0) is 17.6. The molecule has 0 bridgehead atoms. The number of hydrogen-bond donors (Lipinski definition) is 2. The molecule has 4 nitrogen and oxygen atoms in total. The second kappa shape index (κ2) is 7.69. The summed E-state index contributed by atoms with van der Waals surface area (Å²) in [5.74, 6) is -0.401. The first kappa shape index (κ1) is 16.8. The average Bonchev–Trinajstić information content (AvgIpc) is 3.04. The maximum Gasteiger partial charge on any atom is 0.261 e. The van der Waals surface area contributed by atoms with Crippen LogP contribution >= 0.6 is 11.6 Å². The fraction of sp³-hybridized carbons (Fsp3) is 0.100. The lowest BCUT2D eigenvalue weighted by molar-refractivity contribution is -0.117. The topological polar surface area (TPSA) is 68.7 Å². The number of carbonyl (C=O) groups is 1. The Labute approximate surface area is 150 Å². The molecule has 1 amide bonds. The number of aromatic amines is 1. The van der Waals surface area contributed by atoms with Gasteiger partial charge in [0.15, 0.2) is 0 Å². The summed E-state index contributed by atoms with van der Waals surface area (Å²) in [5, 5.41) is 13.7. The molecule has 0 spiro atoms. The number of para-hydroxylation sites is 1. The Bertz CT molecular complexity index is 982. The third-order valence-electron chi connectivity index (χ3n) is 3.92. The Morgan fingerprint density at radius 2 is 1.96 bits per heavy atom. The lowest BCUT2D eigenvalue weighted by Gasteiger charge is -2.04. The van der Waals surface area contributed by atoms with Gasteiger partial charge in [0.25, 0.3) is 5.91 Å². The minimum absolute atomic E-state index is 0.0343. The van der Waals surface area contributed by atoms with Gasteiger partial charge < -0.3 is 10.3 Å². The van der Waals surface area contributed by atoms with E-state index in [1.807, 2.05) is 42.6 Å². The van der Waals surface area contributed by atoms with Gasteiger partial charge in [-0.1, -0.05) is 48.0 Å². The van der Waals surface area contributed by atoms with E-state index >= 15 is 0 Å². The fourth-order valence-electron chi connectivity index (χ4n) is 2.64. The Hall–Kier alpha value is -3.03. The van der Waals surface area contributed by atoms with E-state index in [9.17, 15) is 10.1 Å². The van der Waals surface area contributed by atoms with Crippen LogP contribution in [0.25, 0.3) is 17.0 Å². The third kappa shape index (κ3) is 3.90. The molecule has 0 aliphatic rings. The maximum absolute atomic E-state index is 12.2. The molecular weight excluding hydrogens is 334 g/mol. The normalized spacial score (nSPS) is 11.3. The number of aromatic nitrogens is 1. The van der Waals surface area contributed by atoms with Gasteiger partial charge in [-0.05, 0) is 35.8 Å². The molecule has 0 unspecified atom stereocenters. The Kier molecular flexibility index (Phi) is 5.17. The van der Waals surface area contributed by atoms with Gasteiger partial charge in [-0.3, -0.25) is 4.79 Å². The molecule has 124 valence electrons. The van der Waals surface area contributed by atoms with Gasteiger partial charge in [-0.25, -0.2) is 0 Å². The number of nitrogens with one attached hydrogen (secondary N) is 2. The van der Waals surface area contributed by atoms with Crippen molar-refractivity contribution in [1.82, 2.24) is 10.3 Å². The van der Waals surface area contributed by atoms with Gasteiger partial charge in [0.1, 0.15) is 11.6 Å². The fourth-order valence-corrected chi connectivity index (χ4v) is 2.83. The van der Waals surface area contributed by atoms with E-state index in [-0.39, 0.29) is 5.57 Å². The largest absolute Gasteiger partial charge is 0.361 e. The number of carbonyl (C=O) groups excluding carboxylic acids is 1. The minimum Gasteiger partial charge on any atom is -0.361 e. The van der Waals surface area contributed by atoms with Gasteiger partial charge in [0, 0.05) is 28.7 Å². The van der Waals surface area contributed by atoms with E-state index in [0.717, 1.165) is 16.5 Å². The quantitative estimate of drug-likeness (QED) is 0.538. The summed E-state index contributed by atoms with van der Waals surface area (Å²) >= 11 is 6.07. The van der Waals surface area contributed by atoms with Crippen molar-refractivity contribution in [3.05, 3.63) is 76.5 Å². The van der Waals surface area contributed by atoms with Crippen molar-refractivity contribution in [2.45, 2.75) is 6.42 Å². The van der Waals surface area contributed by atoms with Crippen LogP contribution in [0.3, 0.4) is 0 Å². The van der Waals surface area contributed by atoms with E-state index in [1.54, 1.807) is 18.2 Å². The highest BCUT2D eigenvalue weighted by Gasteiger charge is 2.10. The summed E-state index contributed by atoms with van der Waals surface area (Å²) in [5.41, 5.74) is 2.88. The van der Waals surface area contributed by atoms with Gasteiger partial charge >= 0.3 is 0 Å². The summed E-state index contributed by atoms with van der Waals surface area (Å²) in [6, 6.07) is 17.0. The van der Waals surface area contributed by atoms with E-state index in [1.165, 1.54) is 6.08 Å². The molecule has 2 aromatic carbocycles. The number of halogens is 1. The third-order valence-corrected chi connectivity index (χ3v) is 4.27. The Morgan fingerprint density at radius 3 is 2.76 bits per heavy atom. The van der Waals surface area contributed by atoms with Crippen molar-refractivity contribution < 1.29 is 4.79 Å². The minimum atomic E-state index is -0.401. The van der Waals surface area contributed by atoms with Crippen LogP contribution < -0.4 is 5.32 Å². The maximum atomic E-state index is 12.2. The van der Waals surface area contributed by atoms with Gasteiger partial charge in [-0.15, -0.1) is 0 Å². The number of nitriles is 1. The van der Waals surface area contributed by atoms with E-state index in [4.69, 9.17) is 11.6 Å². The first-order valence-electron chi connectivity index (χ1n) is 7.88. The summed E-state index contributed by atoms with van der Waals surface area (Å²) in [6.45, 7) is 0.447. The van der Waals surface area contributed by atoms with Crippen molar-refractivity contribution >= 4 is 34.5 Å². The predicted molar refractivity (Wildman–Crippen MR) is 100 cm³/mol. The molecule has 0 aliphatic carbocycles. The number of nitrogens with zero attached hydrogens (tertiary/aromatic N) is 1. The number of hydrogen-bond acceptors (Lipinski definition) is 2. The van der Waals surface area contributed by atoms with Gasteiger partial charge in [0.2, 0.25) is 0 Å². The smallest absolute Gasteiger partial charge is 0.261 e. The Balaban J connectivity index is 1.65. The highest BCUT2D eigenvalue weighted by atomic mass is 35.5. The lowest BCUT2D eigenvalue weighted by atomic mass is 10.1. The van der Waals surface area contributed by atoms with Crippen molar-refractivity contribution in [3.8, 4) is 6.07 Å². The standard InChI is InChI=1S/C20H16ClN3O/c21-18-7-3-1-5-14(18)11-16(12-22)20(25)23-10-9-15-13-24-19-8-4-2-6-17(15)19/h1-8,11,13,24H,9-10H2,(H,23,25). The second-order valence-electron chi connectivity index (χ2n) is 5.56. The summed E-state index contributed by atoms with van der Waals surface area (Å²) in [6.07, 6.45) is 4.13. The van der Waals surface area contributed by atoms with Crippen molar-refractivity contribution in [2.75, 3.05) is 6.54 Å². The summed E-state index contributed by atoms with van der Waals surface area (Å²) in [7, 11) is 0. The molecule has 1 aromatic heterocycles. The molecule has 0 atom stereocenters. The molecule has 3 aromatic rings. The lowest BCUT2D eigenvalue weighted by Crippen LogP contribution is -2.26. The average molecular weight is 350 g/mol. The molecule has 0 fully saturated rings. The molecule has 2 N–H and O–H groups in total. The van der Waals surface area contributed by atoms with Crippen molar-refractivity contribution in [3.63, 3.8) is 0 Å². The van der Waals surface area contributed by atoms with Crippen LogP contribution in [0.2, 0.25) is 5.02 Å². The van der Waals surface area contributed by atoms with E-state index in [2.05, 4.69) is 10.3 Å². The zero-order valence-corrected chi connectivity index (χ0v) is 14.2. The number of benzene rings is 2. The first-order chi connectivity index (χ1) is 12.2. The summed E-state index contributed by atoms with van der Waals surface area (Å²) < 4.78 is 0. The second-order valence-corrected chi connectivity index (χ2v) is 5.96. The van der Waals surface area contributed by atoms with E-state index < -0.39 is 5.91 Å². The van der Waals surface area contributed by atoms with Crippen LogP contribution in [0.4, 0.5) is 0 Å². The van der Waals surface area contributed by atoms with Crippen LogP contribution in [-0.2, 0) is 11.2 Å². The molecule has 5 heteroatoms. The van der Waals surface area contributed by atoms with Crippen LogP contribution in [0.15, 0.2) is 60.3 Å². The first-order valence-corrected chi connectivity index (χ1v) is 8.26. The Morgan fingerprint density at radius 1 is 1.20 bits per heavy atom. The molecule has 0 radical (unpaired) electrons. The molecular formula is C20H16ClN3O. The predicted octanol–water partition coefficient (Wildman–Crippen LogP) is 4.09. The highest BCUT2D eigenvalue weighted by molar-refractivity contribution is 6.32. The number of rotatable bonds is 5.